The van der Waals surface area contributed by atoms with Crippen molar-refractivity contribution < 1.29 is 47.5 Å². The Morgan fingerprint density at radius 3 is 1.73 bits per heavy atom. The van der Waals surface area contributed by atoms with E-state index < -0.39 is 24.6 Å². The number of ether oxygens (including phenoxy) is 7. The maximum absolute atomic E-state index is 11.2. The third-order valence-corrected chi connectivity index (χ3v) is 5.03. The molecule has 3 saturated heterocycles. The van der Waals surface area contributed by atoms with Gasteiger partial charge in [-0.25, -0.2) is 14.4 Å². The van der Waals surface area contributed by atoms with E-state index in [1.807, 2.05) is 24.3 Å². The van der Waals surface area contributed by atoms with Gasteiger partial charge < -0.3 is 33.2 Å². The summed E-state index contributed by atoms with van der Waals surface area (Å²) < 4.78 is 35.3. The third-order valence-electron chi connectivity index (χ3n) is 5.03. The van der Waals surface area contributed by atoms with Gasteiger partial charge in [0.15, 0.2) is 6.10 Å². The van der Waals surface area contributed by atoms with Gasteiger partial charge in [0.05, 0.1) is 0 Å². The van der Waals surface area contributed by atoms with Crippen LogP contribution in [0.25, 0.3) is 0 Å². The fourth-order valence-electron chi connectivity index (χ4n) is 3.66. The van der Waals surface area contributed by atoms with E-state index >= 15 is 0 Å². The highest BCUT2D eigenvalue weighted by Crippen LogP contribution is 2.27. The van der Waals surface area contributed by atoms with E-state index in [9.17, 15) is 14.4 Å². The van der Waals surface area contributed by atoms with Gasteiger partial charge >= 0.3 is 18.5 Å². The second-order valence-electron chi connectivity index (χ2n) is 7.40. The van der Waals surface area contributed by atoms with E-state index in [1.165, 1.54) is 0 Å². The quantitative estimate of drug-likeness (QED) is 0.434. The highest BCUT2D eigenvalue weighted by molar-refractivity contribution is 5.62. The Bertz CT molecular complexity index is 748. The standard InChI is InChI=1S/C20H22O10/c21-18-25-8-15(28-18)6-13(7-16-9-26-19(22)29-16)5-12-1-3-14(4-2-12)24-10-17-11-27-20(23)30-17/h1-4,13,15-17H,5-11H2. The lowest BCUT2D eigenvalue weighted by Crippen LogP contribution is -2.23. The molecule has 30 heavy (non-hydrogen) atoms. The first-order valence-electron chi connectivity index (χ1n) is 9.75. The maximum Gasteiger partial charge on any atom is 0.508 e. The molecule has 0 radical (unpaired) electrons. The summed E-state index contributed by atoms with van der Waals surface area (Å²) in [5.41, 5.74) is 1.05. The average Bonchev–Trinajstić information content (AvgIpc) is 3.43. The fourth-order valence-corrected chi connectivity index (χ4v) is 3.66. The number of carbonyl (C=O) groups excluding carboxylic acids is 3. The van der Waals surface area contributed by atoms with Crippen LogP contribution < -0.4 is 4.74 Å². The largest absolute Gasteiger partial charge is 0.508 e. The van der Waals surface area contributed by atoms with Crippen molar-refractivity contribution >= 4 is 18.5 Å². The van der Waals surface area contributed by atoms with Crippen molar-refractivity contribution in [3.05, 3.63) is 29.8 Å². The van der Waals surface area contributed by atoms with Crippen molar-refractivity contribution in [3.8, 4) is 5.75 Å². The van der Waals surface area contributed by atoms with Crippen LogP contribution in [0.4, 0.5) is 14.4 Å². The van der Waals surface area contributed by atoms with Crippen LogP contribution in [0.1, 0.15) is 18.4 Å². The van der Waals surface area contributed by atoms with Gasteiger partial charge in [0, 0.05) is 0 Å². The molecule has 3 heterocycles. The number of hydrogen-bond donors (Lipinski definition) is 0. The molecule has 3 unspecified atom stereocenters. The van der Waals surface area contributed by atoms with Crippen molar-refractivity contribution in [2.24, 2.45) is 5.92 Å². The van der Waals surface area contributed by atoms with E-state index in [0.717, 1.165) is 5.56 Å². The lowest BCUT2D eigenvalue weighted by molar-refractivity contribution is 0.0959. The Labute approximate surface area is 172 Å². The van der Waals surface area contributed by atoms with Gasteiger partial charge in [0.2, 0.25) is 0 Å². The molecular formula is C20H22O10. The van der Waals surface area contributed by atoms with Crippen LogP contribution in [-0.2, 0) is 34.8 Å². The molecule has 0 bridgehead atoms. The normalized spacial score (nSPS) is 26.1. The molecule has 0 amide bonds. The van der Waals surface area contributed by atoms with Gasteiger partial charge in [0.1, 0.15) is 44.4 Å². The molecule has 1 aromatic carbocycles. The van der Waals surface area contributed by atoms with E-state index in [-0.39, 0.29) is 44.6 Å². The fraction of sp³-hybridized carbons (Fsp3) is 0.550. The first kappa shape index (κ1) is 20.1. The molecule has 10 heteroatoms. The van der Waals surface area contributed by atoms with Gasteiger partial charge in [-0.1, -0.05) is 12.1 Å². The first-order chi connectivity index (χ1) is 14.5. The van der Waals surface area contributed by atoms with Gasteiger partial charge in [-0.3, -0.25) is 0 Å². The van der Waals surface area contributed by atoms with Crippen LogP contribution >= 0.6 is 0 Å². The smallest absolute Gasteiger partial charge is 0.490 e. The highest BCUT2D eigenvalue weighted by atomic mass is 16.8. The Morgan fingerprint density at radius 1 is 0.767 bits per heavy atom. The summed E-state index contributed by atoms with van der Waals surface area (Å²) in [5.74, 6) is 0.736. The van der Waals surface area contributed by atoms with E-state index in [0.29, 0.717) is 25.0 Å². The zero-order chi connectivity index (χ0) is 20.9. The Hall–Kier alpha value is -3.17. The molecule has 3 atom stereocenters. The van der Waals surface area contributed by atoms with Crippen molar-refractivity contribution in [2.45, 2.75) is 37.6 Å². The summed E-state index contributed by atoms with van der Waals surface area (Å²) in [6, 6.07) is 7.55. The van der Waals surface area contributed by atoms with Gasteiger partial charge in [-0.05, 0) is 42.9 Å². The highest BCUT2D eigenvalue weighted by Gasteiger charge is 2.32. The first-order valence-corrected chi connectivity index (χ1v) is 9.75. The molecule has 3 aliphatic heterocycles. The van der Waals surface area contributed by atoms with Crippen molar-refractivity contribution in [1.82, 2.24) is 0 Å². The molecule has 0 N–H and O–H groups in total. The topological polar surface area (TPSA) is 116 Å². The minimum Gasteiger partial charge on any atom is -0.490 e. The molecule has 162 valence electrons. The number of carbonyl (C=O) groups is 3. The minimum absolute atomic E-state index is 0.0887. The zero-order valence-electron chi connectivity index (χ0n) is 16.2. The van der Waals surface area contributed by atoms with E-state index in [2.05, 4.69) is 0 Å². The van der Waals surface area contributed by atoms with Crippen molar-refractivity contribution in [1.29, 1.82) is 0 Å². The molecule has 10 nitrogen and oxygen atoms in total. The monoisotopic (exact) mass is 422 g/mol. The number of rotatable bonds is 9. The van der Waals surface area contributed by atoms with Crippen LogP contribution in [0.5, 0.6) is 5.75 Å². The van der Waals surface area contributed by atoms with Crippen LogP contribution in [0.3, 0.4) is 0 Å². The van der Waals surface area contributed by atoms with Crippen LogP contribution in [0, 0.1) is 5.92 Å². The Kier molecular flexibility index (Phi) is 6.10. The molecule has 1 aromatic rings. The second kappa shape index (κ2) is 9.10. The third kappa shape index (κ3) is 5.46. The lowest BCUT2D eigenvalue weighted by atomic mass is 9.89. The molecule has 4 rings (SSSR count). The molecule has 0 aliphatic carbocycles. The summed E-state index contributed by atoms with van der Waals surface area (Å²) in [5, 5.41) is 0. The van der Waals surface area contributed by atoms with E-state index in [1.54, 1.807) is 0 Å². The number of benzene rings is 1. The van der Waals surface area contributed by atoms with Crippen LogP contribution in [0.2, 0.25) is 0 Å². The molecule has 3 fully saturated rings. The second-order valence-corrected chi connectivity index (χ2v) is 7.40. The van der Waals surface area contributed by atoms with Crippen LogP contribution in [-0.4, -0.2) is 63.2 Å². The molecule has 3 aliphatic rings. The maximum atomic E-state index is 11.2. The summed E-state index contributed by atoms with van der Waals surface area (Å²) in [6.07, 6.45) is -1.18. The average molecular weight is 422 g/mol. The predicted molar refractivity (Wildman–Crippen MR) is 97.0 cm³/mol. The van der Waals surface area contributed by atoms with E-state index in [4.69, 9.17) is 33.2 Å². The summed E-state index contributed by atoms with van der Waals surface area (Å²) in [6.45, 7) is 0.842. The predicted octanol–water partition coefficient (Wildman–Crippen LogP) is 2.61. The molecule has 0 saturated carbocycles. The Morgan fingerprint density at radius 2 is 1.27 bits per heavy atom. The molecular weight excluding hydrogens is 400 g/mol. The van der Waals surface area contributed by atoms with Gasteiger partial charge in [0.25, 0.3) is 0 Å². The van der Waals surface area contributed by atoms with Crippen molar-refractivity contribution in [3.63, 3.8) is 0 Å². The number of hydrogen-bond acceptors (Lipinski definition) is 10. The zero-order valence-corrected chi connectivity index (χ0v) is 16.2. The Balaban J connectivity index is 1.32. The summed E-state index contributed by atoms with van der Waals surface area (Å²) >= 11 is 0. The molecule has 0 aromatic heterocycles. The minimum atomic E-state index is -0.679. The summed E-state index contributed by atoms with van der Waals surface area (Å²) in [7, 11) is 0. The van der Waals surface area contributed by atoms with Crippen molar-refractivity contribution in [2.75, 3.05) is 26.4 Å². The molecule has 0 spiro atoms. The summed E-state index contributed by atoms with van der Waals surface area (Å²) in [4.78, 5) is 33.3. The SMILES string of the molecule is O=C1OCC(COc2ccc(CC(CC3COC(=O)O3)CC3COC(=O)O3)cc2)O1. The van der Waals surface area contributed by atoms with Crippen LogP contribution in [0.15, 0.2) is 24.3 Å². The number of cyclic esters (lactones) is 6. The van der Waals surface area contributed by atoms with Gasteiger partial charge in [-0.15, -0.1) is 0 Å². The van der Waals surface area contributed by atoms with Gasteiger partial charge in [-0.2, -0.15) is 0 Å². The lowest BCUT2D eigenvalue weighted by Gasteiger charge is -2.21.